The maximum Gasteiger partial charge on any atom is 0.136 e. The van der Waals surface area contributed by atoms with E-state index in [1.54, 1.807) is 7.11 Å². The van der Waals surface area contributed by atoms with Gasteiger partial charge < -0.3 is 15.2 Å². The van der Waals surface area contributed by atoms with E-state index in [1.165, 1.54) is 0 Å². The molecule has 0 spiro atoms. The molecule has 0 bridgehead atoms. The Hall–Kier alpha value is -0.580. The number of hydrogen-bond donors (Lipinski definition) is 1. The molecule has 0 radical (unpaired) electrons. The molecule has 0 saturated carbocycles. The van der Waals surface area contributed by atoms with Crippen molar-refractivity contribution >= 4 is 15.9 Å². The number of nitrogens with two attached hydrogens (primary N) is 1. The van der Waals surface area contributed by atoms with Crippen molar-refractivity contribution in [1.82, 2.24) is 0 Å². The summed E-state index contributed by atoms with van der Waals surface area (Å²) in [5.74, 6) is 0.872. The largest absolute Gasteiger partial charge is 0.490 e. The minimum atomic E-state index is 0.124. The van der Waals surface area contributed by atoms with E-state index in [0.717, 1.165) is 22.2 Å². The van der Waals surface area contributed by atoms with Crippen LogP contribution in [0.25, 0.3) is 0 Å². The molecule has 0 aromatic heterocycles. The van der Waals surface area contributed by atoms with Crippen molar-refractivity contribution < 1.29 is 9.47 Å². The third kappa shape index (κ3) is 4.12. The smallest absolute Gasteiger partial charge is 0.136 e. The Morgan fingerprint density at radius 2 is 2.12 bits per heavy atom. The Morgan fingerprint density at radius 3 is 2.75 bits per heavy atom. The maximum absolute atomic E-state index is 5.80. The van der Waals surface area contributed by atoms with Gasteiger partial charge in [0.2, 0.25) is 0 Å². The minimum absolute atomic E-state index is 0.124. The molecular formula is C12H18BrNO2. The van der Waals surface area contributed by atoms with E-state index >= 15 is 0 Å². The Kier molecular flexibility index (Phi) is 5.80. The molecule has 1 unspecified atom stereocenters. The summed E-state index contributed by atoms with van der Waals surface area (Å²) in [6.45, 7) is 3.11. The predicted octanol–water partition coefficient (Wildman–Crippen LogP) is 2.36. The van der Waals surface area contributed by atoms with Crippen LogP contribution in [0.3, 0.4) is 0 Å². The van der Waals surface area contributed by atoms with Crippen LogP contribution in [0.5, 0.6) is 5.75 Å². The zero-order valence-corrected chi connectivity index (χ0v) is 11.3. The van der Waals surface area contributed by atoms with Gasteiger partial charge in [-0.25, -0.2) is 0 Å². The van der Waals surface area contributed by atoms with Gasteiger partial charge in [-0.1, -0.05) is 12.1 Å². The number of halogens is 1. The van der Waals surface area contributed by atoms with Crippen LogP contribution in [0.1, 0.15) is 12.5 Å². The molecule has 1 atom stereocenters. The summed E-state index contributed by atoms with van der Waals surface area (Å²) >= 11 is 3.48. The third-order valence-electron chi connectivity index (χ3n) is 2.12. The number of rotatable bonds is 6. The lowest BCUT2D eigenvalue weighted by atomic mass is 10.1. The maximum atomic E-state index is 5.80. The lowest BCUT2D eigenvalue weighted by Gasteiger charge is -2.14. The van der Waals surface area contributed by atoms with Crippen molar-refractivity contribution in [1.29, 1.82) is 0 Å². The number of para-hydroxylation sites is 1. The van der Waals surface area contributed by atoms with Crippen LogP contribution < -0.4 is 10.5 Å². The van der Waals surface area contributed by atoms with Crippen LogP contribution in [0.2, 0.25) is 0 Å². The Morgan fingerprint density at radius 1 is 1.38 bits per heavy atom. The van der Waals surface area contributed by atoms with Gasteiger partial charge in [-0.05, 0) is 40.9 Å². The summed E-state index contributed by atoms with van der Waals surface area (Å²) in [7, 11) is 1.66. The zero-order valence-electron chi connectivity index (χ0n) is 9.70. The highest BCUT2D eigenvalue weighted by molar-refractivity contribution is 9.10. The predicted molar refractivity (Wildman–Crippen MR) is 68.9 cm³/mol. The SMILES string of the molecule is COCCOc1c(Br)cccc1CC(C)N. The average Bonchev–Trinajstić information content (AvgIpc) is 2.21. The fourth-order valence-corrected chi connectivity index (χ4v) is 1.97. The van der Waals surface area contributed by atoms with Crippen molar-refractivity contribution in [3.8, 4) is 5.75 Å². The molecule has 0 aliphatic carbocycles. The molecule has 2 N–H and O–H groups in total. The Bertz CT molecular complexity index is 329. The first-order valence-corrected chi connectivity index (χ1v) is 6.09. The van der Waals surface area contributed by atoms with Gasteiger partial charge in [0, 0.05) is 13.2 Å². The summed E-state index contributed by atoms with van der Waals surface area (Å²) in [6, 6.07) is 6.12. The molecule has 16 heavy (non-hydrogen) atoms. The first kappa shape index (κ1) is 13.5. The summed E-state index contributed by atoms with van der Waals surface area (Å²) in [5.41, 5.74) is 6.93. The molecular weight excluding hydrogens is 270 g/mol. The third-order valence-corrected chi connectivity index (χ3v) is 2.75. The van der Waals surface area contributed by atoms with Gasteiger partial charge in [0.1, 0.15) is 12.4 Å². The molecule has 1 aromatic rings. The van der Waals surface area contributed by atoms with E-state index in [9.17, 15) is 0 Å². The number of benzene rings is 1. The molecule has 0 aliphatic rings. The second-order valence-electron chi connectivity index (χ2n) is 3.75. The Balaban J connectivity index is 2.77. The van der Waals surface area contributed by atoms with E-state index < -0.39 is 0 Å². The topological polar surface area (TPSA) is 44.5 Å². The highest BCUT2D eigenvalue weighted by atomic mass is 79.9. The first-order chi connectivity index (χ1) is 7.65. The fourth-order valence-electron chi connectivity index (χ4n) is 1.45. The monoisotopic (exact) mass is 287 g/mol. The summed E-state index contributed by atoms with van der Waals surface area (Å²) in [5, 5.41) is 0. The minimum Gasteiger partial charge on any atom is -0.490 e. The van der Waals surface area contributed by atoms with Gasteiger partial charge in [0.25, 0.3) is 0 Å². The summed E-state index contributed by atoms with van der Waals surface area (Å²) in [6.07, 6.45) is 0.807. The molecule has 4 heteroatoms. The lowest BCUT2D eigenvalue weighted by Crippen LogP contribution is -2.18. The highest BCUT2D eigenvalue weighted by Crippen LogP contribution is 2.29. The second kappa shape index (κ2) is 6.89. The van der Waals surface area contributed by atoms with Gasteiger partial charge in [-0.2, -0.15) is 0 Å². The van der Waals surface area contributed by atoms with Gasteiger partial charge in [0.05, 0.1) is 11.1 Å². The number of ether oxygens (including phenoxy) is 2. The van der Waals surface area contributed by atoms with Crippen LogP contribution in [0.15, 0.2) is 22.7 Å². The number of methoxy groups -OCH3 is 1. The summed E-state index contributed by atoms with van der Waals surface area (Å²) < 4.78 is 11.6. The second-order valence-corrected chi connectivity index (χ2v) is 4.61. The molecule has 1 aromatic carbocycles. The van der Waals surface area contributed by atoms with Crippen LogP contribution >= 0.6 is 15.9 Å². The normalized spacial score (nSPS) is 12.5. The molecule has 1 rings (SSSR count). The van der Waals surface area contributed by atoms with E-state index in [4.69, 9.17) is 15.2 Å². The van der Waals surface area contributed by atoms with E-state index in [0.29, 0.717) is 13.2 Å². The lowest BCUT2D eigenvalue weighted by molar-refractivity contribution is 0.145. The molecule has 0 heterocycles. The fraction of sp³-hybridized carbons (Fsp3) is 0.500. The van der Waals surface area contributed by atoms with Crippen LogP contribution in [-0.4, -0.2) is 26.4 Å². The molecule has 0 fully saturated rings. The molecule has 90 valence electrons. The van der Waals surface area contributed by atoms with Crippen molar-refractivity contribution in [2.45, 2.75) is 19.4 Å². The van der Waals surface area contributed by atoms with Gasteiger partial charge in [0.15, 0.2) is 0 Å². The van der Waals surface area contributed by atoms with Gasteiger partial charge >= 0.3 is 0 Å². The summed E-state index contributed by atoms with van der Waals surface area (Å²) in [4.78, 5) is 0. The van der Waals surface area contributed by atoms with Crippen LogP contribution in [-0.2, 0) is 11.2 Å². The molecule has 0 saturated heterocycles. The quantitative estimate of drug-likeness (QED) is 0.817. The van der Waals surface area contributed by atoms with Crippen LogP contribution in [0, 0.1) is 0 Å². The molecule has 3 nitrogen and oxygen atoms in total. The van der Waals surface area contributed by atoms with Crippen LogP contribution in [0.4, 0.5) is 0 Å². The average molecular weight is 288 g/mol. The van der Waals surface area contributed by atoms with E-state index in [-0.39, 0.29) is 6.04 Å². The Labute approximate surface area is 105 Å². The van der Waals surface area contributed by atoms with E-state index in [2.05, 4.69) is 15.9 Å². The first-order valence-electron chi connectivity index (χ1n) is 5.30. The molecule has 0 aliphatic heterocycles. The molecule has 0 amide bonds. The standard InChI is InChI=1S/C12H18BrNO2/c1-9(14)8-10-4-3-5-11(13)12(10)16-7-6-15-2/h3-5,9H,6-8,14H2,1-2H3. The van der Waals surface area contributed by atoms with Crippen molar-refractivity contribution in [3.05, 3.63) is 28.2 Å². The zero-order chi connectivity index (χ0) is 12.0. The van der Waals surface area contributed by atoms with Gasteiger partial charge in [-0.3, -0.25) is 0 Å². The van der Waals surface area contributed by atoms with Crippen molar-refractivity contribution in [2.24, 2.45) is 5.73 Å². The number of hydrogen-bond acceptors (Lipinski definition) is 3. The van der Waals surface area contributed by atoms with E-state index in [1.807, 2.05) is 25.1 Å². The van der Waals surface area contributed by atoms with Crippen molar-refractivity contribution in [2.75, 3.05) is 20.3 Å². The van der Waals surface area contributed by atoms with Gasteiger partial charge in [-0.15, -0.1) is 0 Å². The highest BCUT2D eigenvalue weighted by Gasteiger charge is 2.09. The van der Waals surface area contributed by atoms with Crippen molar-refractivity contribution in [3.63, 3.8) is 0 Å².